The summed E-state index contributed by atoms with van der Waals surface area (Å²) in [6.45, 7) is 3.50. The van der Waals surface area contributed by atoms with E-state index in [4.69, 9.17) is 5.73 Å². The molecule has 10 nitrogen and oxygen atoms in total. The van der Waals surface area contributed by atoms with Gasteiger partial charge in [-0.1, -0.05) is 0 Å². The lowest BCUT2D eigenvalue weighted by atomic mass is 10.1. The summed E-state index contributed by atoms with van der Waals surface area (Å²) < 4.78 is 24.8. The van der Waals surface area contributed by atoms with Gasteiger partial charge in [-0.25, -0.2) is 23.2 Å². The van der Waals surface area contributed by atoms with Gasteiger partial charge in [-0.3, -0.25) is 4.68 Å². The summed E-state index contributed by atoms with van der Waals surface area (Å²) in [7, 11) is -1.62. The lowest BCUT2D eigenvalue weighted by molar-refractivity contribution is 0.251. The number of aromatic nitrogens is 4. The molecule has 0 atom stereocenters. The molecule has 3 aromatic rings. The van der Waals surface area contributed by atoms with Crippen LogP contribution in [-0.2, 0) is 28.2 Å². The summed E-state index contributed by atoms with van der Waals surface area (Å²) in [5.41, 5.74) is 8.32. The molecule has 1 aromatic carbocycles. The van der Waals surface area contributed by atoms with Crippen molar-refractivity contribution in [2.75, 3.05) is 17.3 Å². The van der Waals surface area contributed by atoms with Crippen molar-refractivity contribution >= 4 is 27.4 Å². The van der Waals surface area contributed by atoms with Crippen LogP contribution in [0.2, 0.25) is 0 Å². The zero-order chi connectivity index (χ0) is 22.8. The molecule has 31 heavy (non-hydrogen) atoms. The first-order chi connectivity index (χ1) is 14.5. The molecule has 0 radical (unpaired) electrons. The maximum absolute atomic E-state index is 12.2. The van der Waals surface area contributed by atoms with Crippen LogP contribution >= 0.6 is 0 Å². The molecule has 0 saturated carbocycles. The molecule has 0 spiro atoms. The molecule has 3 rings (SSSR count). The van der Waals surface area contributed by atoms with Gasteiger partial charge < -0.3 is 16.4 Å². The largest absolute Gasteiger partial charge is 0.384 e. The van der Waals surface area contributed by atoms with E-state index >= 15 is 0 Å². The molecule has 0 unspecified atom stereocenters. The van der Waals surface area contributed by atoms with Gasteiger partial charge in [0.25, 0.3) is 0 Å². The number of benzene rings is 1. The maximum atomic E-state index is 12.2. The number of hydrogen-bond donors (Lipinski definition) is 3. The summed E-state index contributed by atoms with van der Waals surface area (Å²) in [4.78, 5) is 20.7. The van der Waals surface area contributed by atoms with Crippen LogP contribution in [0.3, 0.4) is 0 Å². The van der Waals surface area contributed by atoms with Gasteiger partial charge in [0, 0.05) is 48.9 Å². The quantitative estimate of drug-likeness (QED) is 0.529. The van der Waals surface area contributed by atoms with Crippen LogP contribution in [0, 0.1) is 0 Å². The van der Waals surface area contributed by atoms with E-state index in [0.29, 0.717) is 29.3 Å². The monoisotopic (exact) mass is 443 g/mol. The van der Waals surface area contributed by atoms with Crippen molar-refractivity contribution in [1.82, 2.24) is 25.1 Å². The van der Waals surface area contributed by atoms with Gasteiger partial charge in [0.1, 0.15) is 10.6 Å². The van der Waals surface area contributed by atoms with Gasteiger partial charge in [0.15, 0.2) is 15.7 Å². The molecule has 11 heteroatoms. The van der Waals surface area contributed by atoms with Gasteiger partial charge in [-0.05, 0) is 38.1 Å². The van der Waals surface area contributed by atoms with Gasteiger partial charge in [-0.2, -0.15) is 5.10 Å². The Bertz CT molecular complexity index is 1200. The smallest absolute Gasteiger partial charge is 0.319 e. The Hall–Kier alpha value is -3.47. The Morgan fingerprint density at radius 1 is 1.19 bits per heavy atom. The number of amides is 2. The van der Waals surface area contributed by atoms with Gasteiger partial charge >= 0.3 is 6.03 Å². The molecular weight excluding hydrogens is 418 g/mol. The van der Waals surface area contributed by atoms with E-state index in [-0.39, 0.29) is 11.8 Å². The second kappa shape index (κ2) is 8.34. The number of urea groups is 1. The average molecular weight is 444 g/mol. The number of anilines is 2. The summed E-state index contributed by atoms with van der Waals surface area (Å²) in [6.07, 6.45) is 4.66. The van der Waals surface area contributed by atoms with Crippen LogP contribution in [0.1, 0.15) is 25.1 Å². The molecule has 0 saturated heterocycles. The van der Waals surface area contributed by atoms with Crippen LogP contribution in [0.15, 0.2) is 42.7 Å². The van der Waals surface area contributed by atoms with Crippen molar-refractivity contribution < 1.29 is 13.2 Å². The number of nitrogens with one attached hydrogen (secondary N) is 2. The van der Waals surface area contributed by atoms with Crippen molar-refractivity contribution in [3.63, 3.8) is 0 Å². The third kappa shape index (κ3) is 5.18. The lowest BCUT2D eigenvalue weighted by Gasteiger charge is -2.22. The van der Waals surface area contributed by atoms with Crippen molar-refractivity contribution in [3.8, 4) is 11.4 Å². The highest BCUT2D eigenvalue weighted by molar-refractivity contribution is 7.91. The van der Waals surface area contributed by atoms with E-state index in [0.717, 1.165) is 11.8 Å². The summed E-state index contributed by atoms with van der Waals surface area (Å²) in [5.74, 6) is 0.480. The zero-order valence-corrected chi connectivity index (χ0v) is 18.6. The Balaban J connectivity index is 1.73. The SMILES string of the molecule is Cn1cc(CNC(=O)Nc2ccc(-c3nc(N)cc(C(C)(C)S(C)(=O)=O)n3)cc2)cn1. The average Bonchev–Trinajstić information content (AvgIpc) is 3.11. The highest BCUT2D eigenvalue weighted by atomic mass is 32.2. The van der Waals surface area contributed by atoms with Crippen molar-refractivity contribution in [2.24, 2.45) is 7.05 Å². The number of carbonyl (C=O) groups is 1. The Morgan fingerprint density at radius 2 is 1.87 bits per heavy atom. The number of nitrogens with zero attached hydrogens (tertiary/aromatic N) is 4. The summed E-state index contributed by atoms with van der Waals surface area (Å²) >= 11 is 0. The predicted molar refractivity (Wildman–Crippen MR) is 119 cm³/mol. The van der Waals surface area contributed by atoms with E-state index < -0.39 is 14.6 Å². The summed E-state index contributed by atoms with van der Waals surface area (Å²) in [6, 6.07) is 7.97. The minimum atomic E-state index is -3.42. The number of sulfone groups is 1. The maximum Gasteiger partial charge on any atom is 0.319 e. The third-order valence-electron chi connectivity index (χ3n) is 4.90. The number of nitrogens with two attached hydrogens (primary N) is 1. The Labute approximate surface area is 180 Å². The molecule has 0 aliphatic heterocycles. The number of rotatable bonds is 6. The number of nitrogen functional groups attached to an aromatic ring is 1. The van der Waals surface area contributed by atoms with E-state index in [1.807, 2.05) is 6.20 Å². The van der Waals surface area contributed by atoms with Crippen molar-refractivity contribution in [2.45, 2.75) is 25.1 Å². The molecule has 2 aromatic heterocycles. The fourth-order valence-corrected chi connectivity index (χ4v) is 3.20. The fourth-order valence-electron chi connectivity index (χ4n) is 2.72. The predicted octanol–water partition coefficient (Wildman–Crippen LogP) is 2.06. The fraction of sp³-hybridized carbons (Fsp3) is 0.300. The Kier molecular flexibility index (Phi) is 5.98. The zero-order valence-electron chi connectivity index (χ0n) is 17.7. The normalized spacial score (nSPS) is 11.9. The van der Waals surface area contributed by atoms with E-state index in [1.165, 1.54) is 6.07 Å². The molecule has 164 valence electrons. The second-order valence-corrected chi connectivity index (χ2v) is 10.3. The lowest BCUT2D eigenvalue weighted by Crippen LogP contribution is -2.29. The minimum absolute atomic E-state index is 0.175. The molecule has 2 heterocycles. The van der Waals surface area contributed by atoms with Gasteiger partial charge in [0.05, 0.1) is 11.9 Å². The number of hydrogen-bond acceptors (Lipinski definition) is 7. The number of carbonyl (C=O) groups excluding carboxylic acids is 1. The van der Waals surface area contributed by atoms with Gasteiger partial charge in [-0.15, -0.1) is 0 Å². The first-order valence-electron chi connectivity index (χ1n) is 9.43. The first kappa shape index (κ1) is 22.2. The van der Waals surface area contributed by atoms with E-state index in [1.54, 1.807) is 56.0 Å². The minimum Gasteiger partial charge on any atom is -0.384 e. The van der Waals surface area contributed by atoms with Gasteiger partial charge in [0.2, 0.25) is 0 Å². The summed E-state index contributed by atoms with van der Waals surface area (Å²) in [5, 5.41) is 9.54. The number of aryl methyl sites for hydroxylation is 1. The Morgan fingerprint density at radius 3 is 2.45 bits per heavy atom. The van der Waals surface area contributed by atoms with Crippen molar-refractivity contribution in [3.05, 3.63) is 54.0 Å². The molecule has 2 amide bonds. The molecule has 0 fully saturated rings. The van der Waals surface area contributed by atoms with Crippen molar-refractivity contribution in [1.29, 1.82) is 0 Å². The van der Waals surface area contributed by atoms with Crippen LogP contribution < -0.4 is 16.4 Å². The molecule has 0 aliphatic carbocycles. The molecule has 4 N–H and O–H groups in total. The second-order valence-electron chi connectivity index (χ2n) is 7.69. The molecular formula is C20H25N7O3S. The van der Waals surface area contributed by atoms with Crippen LogP contribution in [0.5, 0.6) is 0 Å². The van der Waals surface area contributed by atoms with Crippen LogP contribution in [0.25, 0.3) is 11.4 Å². The third-order valence-corrected chi connectivity index (χ3v) is 6.97. The van der Waals surface area contributed by atoms with Crippen LogP contribution in [-0.4, -0.2) is 40.5 Å². The van der Waals surface area contributed by atoms with E-state index in [2.05, 4.69) is 25.7 Å². The standard InChI is InChI=1S/C20H25N7O3S/c1-20(2,31(4,29)30)16-9-17(21)26-18(25-16)14-5-7-15(8-6-14)24-19(28)22-10-13-11-23-27(3)12-13/h5-9,11-12H,10H2,1-4H3,(H2,21,25,26)(H2,22,24,28). The van der Waals surface area contributed by atoms with Crippen LogP contribution in [0.4, 0.5) is 16.3 Å². The highest BCUT2D eigenvalue weighted by Crippen LogP contribution is 2.30. The highest BCUT2D eigenvalue weighted by Gasteiger charge is 2.34. The molecule has 0 bridgehead atoms. The molecule has 0 aliphatic rings. The topological polar surface area (TPSA) is 145 Å². The first-order valence-corrected chi connectivity index (χ1v) is 11.3. The van der Waals surface area contributed by atoms with E-state index in [9.17, 15) is 13.2 Å².